The fourth-order valence-electron chi connectivity index (χ4n) is 2.42. The SMILES string of the molecule is CCOCC(=O)NC(c1ccc(C(C)CC)cc1)c1cccs1. The molecule has 1 amide bonds. The summed E-state index contributed by atoms with van der Waals surface area (Å²) in [5.41, 5.74) is 2.44. The van der Waals surface area contributed by atoms with E-state index in [0.717, 1.165) is 16.9 Å². The maximum Gasteiger partial charge on any atom is 0.246 e. The standard InChI is InChI=1S/C19H25NO2S/c1-4-14(3)15-8-10-16(11-9-15)19(17-7-6-12-23-17)20-18(21)13-22-5-2/h6-12,14,19H,4-5,13H2,1-3H3,(H,20,21). The molecule has 4 heteroatoms. The van der Waals surface area contributed by atoms with Crippen molar-refractivity contribution < 1.29 is 9.53 Å². The van der Waals surface area contributed by atoms with E-state index in [-0.39, 0.29) is 18.6 Å². The molecule has 3 nitrogen and oxygen atoms in total. The lowest BCUT2D eigenvalue weighted by Crippen LogP contribution is -2.32. The summed E-state index contributed by atoms with van der Waals surface area (Å²) in [7, 11) is 0. The summed E-state index contributed by atoms with van der Waals surface area (Å²) in [5.74, 6) is 0.466. The number of rotatable bonds is 8. The zero-order valence-electron chi connectivity index (χ0n) is 14.0. The summed E-state index contributed by atoms with van der Waals surface area (Å²) in [6.07, 6.45) is 1.12. The van der Waals surface area contributed by atoms with Gasteiger partial charge in [-0.3, -0.25) is 4.79 Å². The van der Waals surface area contributed by atoms with Gasteiger partial charge in [-0.15, -0.1) is 11.3 Å². The summed E-state index contributed by atoms with van der Waals surface area (Å²) in [5, 5.41) is 5.11. The Kier molecular flexibility index (Phi) is 6.81. The Labute approximate surface area is 142 Å². The van der Waals surface area contributed by atoms with E-state index >= 15 is 0 Å². The van der Waals surface area contributed by atoms with E-state index in [1.807, 2.05) is 18.4 Å². The lowest BCUT2D eigenvalue weighted by molar-refractivity contribution is -0.126. The molecule has 0 saturated carbocycles. The van der Waals surface area contributed by atoms with Crippen molar-refractivity contribution in [2.45, 2.75) is 39.2 Å². The van der Waals surface area contributed by atoms with Crippen molar-refractivity contribution >= 4 is 17.2 Å². The first-order chi connectivity index (χ1) is 11.2. The quantitative estimate of drug-likeness (QED) is 0.773. The average molecular weight is 331 g/mol. The highest BCUT2D eigenvalue weighted by Crippen LogP contribution is 2.28. The first kappa shape index (κ1) is 17.7. The fourth-order valence-corrected chi connectivity index (χ4v) is 3.23. The third kappa shape index (κ3) is 4.91. The van der Waals surface area contributed by atoms with E-state index in [2.05, 4.69) is 49.5 Å². The molecule has 1 aromatic carbocycles. The van der Waals surface area contributed by atoms with Crippen LogP contribution in [0.2, 0.25) is 0 Å². The Morgan fingerprint density at radius 1 is 1.17 bits per heavy atom. The van der Waals surface area contributed by atoms with Gasteiger partial charge in [0.15, 0.2) is 0 Å². The molecule has 2 atom stereocenters. The number of hydrogen-bond donors (Lipinski definition) is 1. The number of benzene rings is 1. The third-order valence-electron chi connectivity index (χ3n) is 4.02. The molecule has 0 aliphatic carbocycles. The van der Waals surface area contributed by atoms with Crippen LogP contribution in [-0.4, -0.2) is 19.1 Å². The first-order valence-electron chi connectivity index (χ1n) is 8.16. The third-order valence-corrected chi connectivity index (χ3v) is 4.96. The van der Waals surface area contributed by atoms with Gasteiger partial charge in [0, 0.05) is 11.5 Å². The average Bonchev–Trinajstić information content (AvgIpc) is 3.11. The second kappa shape index (κ2) is 8.85. The summed E-state index contributed by atoms with van der Waals surface area (Å²) in [6.45, 7) is 6.96. The minimum atomic E-state index is -0.117. The van der Waals surface area contributed by atoms with Crippen LogP contribution in [0.5, 0.6) is 0 Å². The van der Waals surface area contributed by atoms with Crippen LogP contribution in [0, 0.1) is 0 Å². The first-order valence-corrected chi connectivity index (χ1v) is 9.04. The number of hydrogen-bond acceptors (Lipinski definition) is 3. The zero-order chi connectivity index (χ0) is 16.7. The zero-order valence-corrected chi connectivity index (χ0v) is 14.9. The molecule has 0 aliphatic rings. The summed E-state index contributed by atoms with van der Waals surface area (Å²) < 4.78 is 5.21. The van der Waals surface area contributed by atoms with E-state index < -0.39 is 0 Å². The van der Waals surface area contributed by atoms with Crippen LogP contribution >= 0.6 is 11.3 Å². The monoisotopic (exact) mass is 331 g/mol. The van der Waals surface area contributed by atoms with Crippen LogP contribution in [0.4, 0.5) is 0 Å². The predicted octanol–water partition coefficient (Wildman–Crippen LogP) is 4.50. The molecule has 1 aromatic heterocycles. The number of amides is 1. The lowest BCUT2D eigenvalue weighted by Gasteiger charge is -2.19. The van der Waals surface area contributed by atoms with Gasteiger partial charge < -0.3 is 10.1 Å². The van der Waals surface area contributed by atoms with Crippen molar-refractivity contribution in [1.29, 1.82) is 0 Å². The maximum absolute atomic E-state index is 12.1. The number of carbonyl (C=O) groups excluding carboxylic acids is 1. The molecule has 0 aliphatic heterocycles. The van der Waals surface area contributed by atoms with E-state index in [4.69, 9.17) is 4.74 Å². The van der Waals surface area contributed by atoms with Crippen molar-refractivity contribution in [3.63, 3.8) is 0 Å². The number of carbonyl (C=O) groups is 1. The van der Waals surface area contributed by atoms with Gasteiger partial charge in [-0.25, -0.2) is 0 Å². The Balaban J connectivity index is 2.18. The van der Waals surface area contributed by atoms with Crippen molar-refractivity contribution in [2.75, 3.05) is 13.2 Å². The van der Waals surface area contributed by atoms with Gasteiger partial charge in [0.1, 0.15) is 6.61 Å². The van der Waals surface area contributed by atoms with Gasteiger partial charge in [0.05, 0.1) is 6.04 Å². The van der Waals surface area contributed by atoms with Gasteiger partial charge in [0.25, 0.3) is 0 Å². The Morgan fingerprint density at radius 3 is 2.43 bits per heavy atom. The van der Waals surface area contributed by atoms with Crippen LogP contribution in [0.3, 0.4) is 0 Å². The van der Waals surface area contributed by atoms with E-state index in [1.165, 1.54) is 5.56 Å². The van der Waals surface area contributed by atoms with Gasteiger partial charge in [-0.2, -0.15) is 0 Å². The minimum absolute atomic E-state index is 0.0868. The van der Waals surface area contributed by atoms with Crippen LogP contribution in [0.25, 0.3) is 0 Å². The molecular formula is C19H25NO2S. The molecule has 0 saturated heterocycles. The van der Waals surface area contributed by atoms with Crippen LogP contribution in [-0.2, 0) is 9.53 Å². The molecule has 0 spiro atoms. The summed E-state index contributed by atoms with van der Waals surface area (Å²) >= 11 is 1.65. The molecule has 1 N–H and O–H groups in total. The van der Waals surface area contributed by atoms with Gasteiger partial charge >= 0.3 is 0 Å². The van der Waals surface area contributed by atoms with Gasteiger partial charge in [-0.05, 0) is 41.8 Å². The number of ether oxygens (including phenoxy) is 1. The summed E-state index contributed by atoms with van der Waals surface area (Å²) in [4.78, 5) is 13.2. The summed E-state index contributed by atoms with van der Waals surface area (Å²) in [6, 6.07) is 12.5. The highest BCUT2D eigenvalue weighted by molar-refractivity contribution is 7.10. The second-order valence-corrected chi connectivity index (χ2v) is 6.61. The van der Waals surface area contributed by atoms with Crippen LogP contribution < -0.4 is 5.32 Å². The van der Waals surface area contributed by atoms with Crippen LogP contribution in [0.15, 0.2) is 41.8 Å². The largest absolute Gasteiger partial charge is 0.372 e. The van der Waals surface area contributed by atoms with E-state index in [1.54, 1.807) is 11.3 Å². The van der Waals surface area contributed by atoms with E-state index in [9.17, 15) is 4.79 Å². The van der Waals surface area contributed by atoms with Crippen molar-refractivity contribution in [3.8, 4) is 0 Å². The molecule has 2 aromatic rings. The molecule has 23 heavy (non-hydrogen) atoms. The maximum atomic E-state index is 12.1. The Hall–Kier alpha value is -1.65. The highest BCUT2D eigenvalue weighted by Gasteiger charge is 2.18. The molecule has 0 bridgehead atoms. The fraction of sp³-hybridized carbons (Fsp3) is 0.421. The topological polar surface area (TPSA) is 38.3 Å². The van der Waals surface area contributed by atoms with E-state index in [0.29, 0.717) is 12.5 Å². The molecule has 2 rings (SSSR count). The minimum Gasteiger partial charge on any atom is -0.372 e. The second-order valence-electron chi connectivity index (χ2n) is 5.63. The number of nitrogens with one attached hydrogen (secondary N) is 1. The van der Waals surface area contributed by atoms with Crippen molar-refractivity contribution in [3.05, 3.63) is 57.8 Å². The van der Waals surface area contributed by atoms with Gasteiger partial charge in [-0.1, -0.05) is 44.2 Å². The lowest BCUT2D eigenvalue weighted by atomic mass is 9.95. The Morgan fingerprint density at radius 2 is 1.87 bits per heavy atom. The molecule has 124 valence electrons. The molecular weight excluding hydrogens is 306 g/mol. The van der Waals surface area contributed by atoms with Gasteiger partial charge in [0.2, 0.25) is 5.91 Å². The molecule has 0 fully saturated rings. The van der Waals surface area contributed by atoms with Crippen molar-refractivity contribution in [2.24, 2.45) is 0 Å². The molecule has 2 unspecified atom stereocenters. The van der Waals surface area contributed by atoms with Crippen molar-refractivity contribution in [1.82, 2.24) is 5.32 Å². The Bertz CT molecular complexity index is 592. The molecule has 1 heterocycles. The van der Waals surface area contributed by atoms with Crippen LogP contribution in [0.1, 0.15) is 55.2 Å². The highest BCUT2D eigenvalue weighted by atomic mass is 32.1. The predicted molar refractivity (Wildman–Crippen MR) is 95.9 cm³/mol. The number of thiophene rings is 1. The normalized spacial score (nSPS) is 13.5. The smallest absolute Gasteiger partial charge is 0.246 e. The molecule has 0 radical (unpaired) electrons.